The van der Waals surface area contributed by atoms with Gasteiger partial charge in [-0.1, -0.05) is 11.8 Å². The first-order valence-corrected chi connectivity index (χ1v) is 9.78. The van der Waals surface area contributed by atoms with E-state index in [1.807, 2.05) is 49.4 Å². The number of carbonyl (C=O) groups excluding carboxylic acids is 1. The number of aryl methyl sites for hydroxylation is 1. The third-order valence-corrected chi connectivity index (χ3v) is 5.02. The van der Waals surface area contributed by atoms with Crippen molar-refractivity contribution < 1.29 is 13.9 Å². The van der Waals surface area contributed by atoms with Crippen LogP contribution in [-0.4, -0.2) is 29.0 Å². The van der Waals surface area contributed by atoms with Crippen molar-refractivity contribution in [2.45, 2.75) is 12.1 Å². The Hall–Kier alpha value is -2.07. The third kappa shape index (κ3) is 4.76. The minimum absolute atomic E-state index is 0.122. The van der Waals surface area contributed by atoms with Gasteiger partial charge < -0.3 is 14.5 Å². The Labute approximate surface area is 168 Å². The molecule has 134 valence electrons. The number of ether oxygens (including phenoxy) is 1. The van der Waals surface area contributed by atoms with Crippen LogP contribution >= 0.6 is 34.4 Å². The minimum atomic E-state index is -0.122. The molecule has 0 aliphatic carbocycles. The summed E-state index contributed by atoms with van der Waals surface area (Å²) < 4.78 is 11.9. The first kappa shape index (κ1) is 18.7. The van der Waals surface area contributed by atoms with E-state index in [1.165, 1.54) is 11.8 Å². The Balaban J connectivity index is 1.58. The number of carbonyl (C=O) groups is 1. The Bertz CT molecular complexity index is 912. The summed E-state index contributed by atoms with van der Waals surface area (Å²) in [5.41, 5.74) is 2.62. The van der Waals surface area contributed by atoms with E-state index in [9.17, 15) is 4.79 Å². The molecule has 0 radical (unpaired) electrons. The second-order valence-corrected chi connectivity index (χ2v) is 7.57. The van der Waals surface area contributed by atoms with E-state index in [-0.39, 0.29) is 11.7 Å². The van der Waals surface area contributed by atoms with E-state index in [2.05, 4.69) is 38.1 Å². The summed E-state index contributed by atoms with van der Waals surface area (Å²) in [5.74, 6) is 1.23. The second-order valence-electron chi connectivity index (χ2n) is 5.40. The van der Waals surface area contributed by atoms with Gasteiger partial charge in [-0.25, -0.2) is 0 Å². The van der Waals surface area contributed by atoms with Crippen LogP contribution in [0.5, 0.6) is 5.75 Å². The van der Waals surface area contributed by atoms with Crippen molar-refractivity contribution in [2.24, 2.45) is 0 Å². The number of nitrogens with one attached hydrogen (secondary N) is 1. The van der Waals surface area contributed by atoms with Crippen molar-refractivity contribution in [3.05, 3.63) is 51.6 Å². The number of hydrogen-bond acceptors (Lipinski definition) is 6. The molecule has 2 aromatic carbocycles. The Kier molecular flexibility index (Phi) is 6.15. The van der Waals surface area contributed by atoms with Crippen LogP contribution in [0.1, 0.15) is 5.56 Å². The molecule has 0 saturated heterocycles. The van der Waals surface area contributed by atoms with Crippen LogP contribution < -0.4 is 10.1 Å². The predicted molar refractivity (Wildman–Crippen MR) is 110 cm³/mol. The molecule has 6 nitrogen and oxygen atoms in total. The van der Waals surface area contributed by atoms with Gasteiger partial charge in [0.1, 0.15) is 5.75 Å². The van der Waals surface area contributed by atoms with E-state index in [0.29, 0.717) is 11.1 Å². The standard InChI is InChI=1S/C18H16IN3O3S/c1-11-9-13(19)5-8-15(11)20-16(23)10-26-18-22-21-17(25-18)12-3-6-14(24-2)7-4-12/h3-9H,10H2,1-2H3,(H,20,23). The smallest absolute Gasteiger partial charge is 0.277 e. The normalized spacial score (nSPS) is 10.6. The summed E-state index contributed by atoms with van der Waals surface area (Å²) in [6.07, 6.45) is 0. The number of amides is 1. The van der Waals surface area contributed by atoms with Gasteiger partial charge in [-0.05, 0) is 77.5 Å². The van der Waals surface area contributed by atoms with Crippen molar-refractivity contribution >= 4 is 45.9 Å². The molecule has 0 unspecified atom stereocenters. The van der Waals surface area contributed by atoms with E-state index in [1.54, 1.807) is 7.11 Å². The number of thioether (sulfide) groups is 1. The summed E-state index contributed by atoms with van der Waals surface area (Å²) in [6, 6.07) is 13.2. The molecule has 3 aromatic rings. The topological polar surface area (TPSA) is 77.2 Å². The second kappa shape index (κ2) is 8.54. The van der Waals surface area contributed by atoms with Gasteiger partial charge in [0.15, 0.2) is 0 Å². The molecule has 8 heteroatoms. The van der Waals surface area contributed by atoms with E-state index >= 15 is 0 Å². The highest BCUT2D eigenvalue weighted by Crippen LogP contribution is 2.25. The van der Waals surface area contributed by atoms with Gasteiger partial charge in [-0.3, -0.25) is 4.79 Å². The molecule has 1 N–H and O–H groups in total. The molecule has 0 bridgehead atoms. The number of benzene rings is 2. The van der Waals surface area contributed by atoms with Crippen molar-refractivity contribution in [1.29, 1.82) is 0 Å². The number of methoxy groups -OCH3 is 1. The summed E-state index contributed by atoms with van der Waals surface area (Å²) in [5, 5.41) is 11.2. The molecule has 1 heterocycles. The molecular formula is C18H16IN3O3S. The van der Waals surface area contributed by atoms with Gasteiger partial charge in [-0.2, -0.15) is 0 Å². The lowest BCUT2D eigenvalue weighted by molar-refractivity contribution is -0.113. The Morgan fingerprint density at radius 2 is 2.00 bits per heavy atom. The van der Waals surface area contributed by atoms with Crippen LogP contribution in [0.4, 0.5) is 5.69 Å². The number of halogens is 1. The van der Waals surface area contributed by atoms with Gasteiger partial charge in [0.25, 0.3) is 5.22 Å². The van der Waals surface area contributed by atoms with Crippen LogP contribution in [0.3, 0.4) is 0 Å². The van der Waals surface area contributed by atoms with Crippen LogP contribution in [0, 0.1) is 10.5 Å². The average molecular weight is 481 g/mol. The van der Waals surface area contributed by atoms with Gasteiger partial charge in [0.2, 0.25) is 11.8 Å². The van der Waals surface area contributed by atoms with Crippen molar-refractivity contribution in [1.82, 2.24) is 10.2 Å². The molecule has 0 spiro atoms. The van der Waals surface area contributed by atoms with Crippen molar-refractivity contribution in [3.63, 3.8) is 0 Å². The first-order valence-electron chi connectivity index (χ1n) is 7.72. The zero-order chi connectivity index (χ0) is 18.5. The molecule has 1 aromatic heterocycles. The van der Waals surface area contributed by atoms with Gasteiger partial charge in [0, 0.05) is 14.8 Å². The van der Waals surface area contributed by atoms with Crippen molar-refractivity contribution in [2.75, 3.05) is 18.2 Å². The largest absolute Gasteiger partial charge is 0.497 e. The van der Waals surface area contributed by atoms with Gasteiger partial charge >= 0.3 is 0 Å². The quantitative estimate of drug-likeness (QED) is 0.416. The summed E-state index contributed by atoms with van der Waals surface area (Å²) in [6.45, 7) is 1.96. The summed E-state index contributed by atoms with van der Waals surface area (Å²) >= 11 is 3.44. The average Bonchev–Trinajstić information content (AvgIpc) is 3.11. The number of rotatable bonds is 6. The predicted octanol–water partition coefficient (Wildman–Crippen LogP) is 4.39. The highest BCUT2D eigenvalue weighted by molar-refractivity contribution is 14.1. The maximum Gasteiger partial charge on any atom is 0.277 e. The van der Waals surface area contributed by atoms with Gasteiger partial charge in [-0.15, -0.1) is 10.2 Å². The SMILES string of the molecule is COc1ccc(-c2nnc(SCC(=O)Nc3ccc(I)cc3C)o2)cc1. The maximum absolute atomic E-state index is 12.1. The van der Waals surface area contributed by atoms with E-state index < -0.39 is 0 Å². The molecule has 0 atom stereocenters. The van der Waals surface area contributed by atoms with Crippen molar-refractivity contribution in [3.8, 4) is 17.2 Å². The number of aromatic nitrogens is 2. The summed E-state index contributed by atoms with van der Waals surface area (Å²) in [4.78, 5) is 12.1. The zero-order valence-electron chi connectivity index (χ0n) is 14.2. The van der Waals surface area contributed by atoms with Gasteiger partial charge in [0.05, 0.1) is 12.9 Å². The molecule has 3 rings (SSSR count). The monoisotopic (exact) mass is 481 g/mol. The molecular weight excluding hydrogens is 465 g/mol. The highest BCUT2D eigenvalue weighted by Gasteiger charge is 2.12. The molecule has 0 fully saturated rings. The van der Waals surface area contributed by atoms with Crippen LogP contribution in [0.25, 0.3) is 11.5 Å². The van der Waals surface area contributed by atoms with E-state index in [4.69, 9.17) is 9.15 Å². The third-order valence-electron chi connectivity index (χ3n) is 3.53. The number of anilines is 1. The van der Waals surface area contributed by atoms with Crippen LogP contribution in [0.15, 0.2) is 52.1 Å². The lowest BCUT2D eigenvalue weighted by Crippen LogP contribution is -2.14. The number of hydrogen-bond donors (Lipinski definition) is 1. The fourth-order valence-corrected chi connectivity index (χ4v) is 3.41. The van der Waals surface area contributed by atoms with Crippen LogP contribution in [-0.2, 0) is 4.79 Å². The van der Waals surface area contributed by atoms with E-state index in [0.717, 1.165) is 26.1 Å². The molecule has 0 aliphatic rings. The molecule has 26 heavy (non-hydrogen) atoms. The Morgan fingerprint density at radius 3 is 2.69 bits per heavy atom. The lowest BCUT2D eigenvalue weighted by Gasteiger charge is -2.07. The first-order chi connectivity index (χ1) is 12.5. The zero-order valence-corrected chi connectivity index (χ0v) is 17.1. The molecule has 0 aliphatic heterocycles. The molecule has 1 amide bonds. The summed E-state index contributed by atoms with van der Waals surface area (Å²) in [7, 11) is 1.61. The Morgan fingerprint density at radius 1 is 1.23 bits per heavy atom. The minimum Gasteiger partial charge on any atom is -0.497 e. The number of nitrogens with zero attached hydrogens (tertiary/aromatic N) is 2. The highest BCUT2D eigenvalue weighted by atomic mass is 127. The lowest BCUT2D eigenvalue weighted by atomic mass is 10.2. The maximum atomic E-state index is 12.1. The fraction of sp³-hybridized carbons (Fsp3) is 0.167. The van der Waals surface area contributed by atoms with Crippen LogP contribution in [0.2, 0.25) is 0 Å². The molecule has 0 saturated carbocycles. The fourth-order valence-electron chi connectivity index (χ4n) is 2.20.